The van der Waals surface area contributed by atoms with Gasteiger partial charge in [0.25, 0.3) is 5.91 Å². The van der Waals surface area contributed by atoms with Crippen LogP contribution >= 0.6 is 0 Å². The number of nitrogens with zero attached hydrogens (tertiary/aromatic N) is 7. The molecule has 2 aromatic carbocycles. The van der Waals surface area contributed by atoms with Crippen molar-refractivity contribution in [2.75, 3.05) is 33.2 Å². The molecule has 0 unspecified atom stereocenters. The van der Waals surface area contributed by atoms with Crippen molar-refractivity contribution in [1.29, 1.82) is 0 Å². The Labute approximate surface area is 196 Å². The Morgan fingerprint density at radius 2 is 1.59 bits per heavy atom. The summed E-state index contributed by atoms with van der Waals surface area (Å²) in [5.41, 5.74) is 5.98. The maximum absolute atomic E-state index is 13.1. The van der Waals surface area contributed by atoms with E-state index in [4.69, 9.17) is 0 Å². The topological polar surface area (TPSA) is 79.5 Å². The molecule has 0 radical (unpaired) electrons. The first-order valence-electron chi connectivity index (χ1n) is 11.3. The van der Waals surface area contributed by atoms with Crippen LogP contribution in [0.5, 0.6) is 0 Å². The van der Waals surface area contributed by atoms with Crippen LogP contribution in [0.1, 0.15) is 10.4 Å². The third-order valence-electron chi connectivity index (χ3n) is 6.36. The number of amides is 1. The van der Waals surface area contributed by atoms with E-state index in [-0.39, 0.29) is 5.91 Å². The third-order valence-corrected chi connectivity index (χ3v) is 6.36. The molecular formula is C26H23N7O. The second-order valence-corrected chi connectivity index (χ2v) is 8.61. The lowest BCUT2D eigenvalue weighted by atomic mass is 10.0. The average Bonchev–Trinajstić information content (AvgIpc) is 3.32. The van der Waals surface area contributed by atoms with Gasteiger partial charge in [0.1, 0.15) is 0 Å². The van der Waals surface area contributed by atoms with Crippen LogP contribution in [-0.2, 0) is 0 Å². The van der Waals surface area contributed by atoms with E-state index in [9.17, 15) is 4.79 Å². The molecule has 1 amide bonds. The molecule has 0 atom stereocenters. The molecule has 8 heteroatoms. The largest absolute Gasteiger partial charge is 0.336 e. The van der Waals surface area contributed by atoms with E-state index in [1.807, 2.05) is 70.1 Å². The number of pyridine rings is 1. The highest BCUT2D eigenvalue weighted by Gasteiger charge is 2.20. The summed E-state index contributed by atoms with van der Waals surface area (Å²) >= 11 is 0. The smallest absolute Gasteiger partial charge is 0.253 e. The van der Waals surface area contributed by atoms with E-state index in [1.165, 1.54) is 0 Å². The molecule has 8 nitrogen and oxygen atoms in total. The van der Waals surface area contributed by atoms with Gasteiger partial charge in [-0.1, -0.05) is 12.1 Å². The summed E-state index contributed by atoms with van der Waals surface area (Å²) in [4.78, 5) is 26.0. The molecule has 6 rings (SSSR count). The molecule has 1 aliphatic heterocycles. The van der Waals surface area contributed by atoms with E-state index in [2.05, 4.69) is 32.1 Å². The zero-order chi connectivity index (χ0) is 23.1. The van der Waals surface area contributed by atoms with Crippen LogP contribution in [0, 0.1) is 0 Å². The van der Waals surface area contributed by atoms with Crippen molar-refractivity contribution in [3.05, 3.63) is 78.8 Å². The van der Waals surface area contributed by atoms with E-state index in [0.717, 1.165) is 65.4 Å². The van der Waals surface area contributed by atoms with Crippen molar-refractivity contribution >= 4 is 22.6 Å². The van der Waals surface area contributed by atoms with Crippen molar-refractivity contribution in [2.24, 2.45) is 0 Å². The van der Waals surface area contributed by atoms with E-state index in [1.54, 1.807) is 12.4 Å². The van der Waals surface area contributed by atoms with Gasteiger partial charge in [-0.3, -0.25) is 19.2 Å². The minimum absolute atomic E-state index is 0.0817. The van der Waals surface area contributed by atoms with Crippen LogP contribution in [0.15, 0.2) is 73.2 Å². The Bertz CT molecular complexity index is 1520. The first-order valence-corrected chi connectivity index (χ1v) is 11.3. The van der Waals surface area contributed by atoms with Gasteiger partial charge in [-0.25, -0.2) is 0 Å². The predicted molar refractivity (Wildman–Crippen MR) is 130 cm³/mol. The molecule has 1 aliphatic rings. The summed E-state index contributed by atoms with van der Waals surface area (Å²) in [6.07, 6.45) is 5.39. The summed E-state index contributed by atoms with van der Waals surface area (Å²) in [6.45, 7) is 3.31. The van der Waals surface area contributed by atoms with Gasteiger partial charge in [0.2, 0.25) is 0 Å². The third kappa shape index (κ3) is 3.68. The molecule has 0 N–H and O–H groups in total. The first kappa shape index (κ1) is 20.4. The number of carbonyl (C=O) groups is 1. The highest BCUT2D eigenvalue weighted by atomic mass is 16.2. The van der Waals surface area contributed by atoms with Crippen LogP contribution in [-0.4, -0.2) is 73.5 Å². The molecule has 4 heterocycles. The predicted octanol–water partition coefficient (Wildman–Crippen LogP) is 3.39. The molecule has 3 aromatic heterocycles. The molecule has 1 saturated heterocycles. The maximum atomic E-state index is 13.1. The summed E-state index contributed by atoms with van der Waals surface area (Å²) in [5.74, 6) is 0.812. The molecule has 5 aromatic rings. The van der Waals surface area contributed by atoms with E-state index >= 15 is 0 Å². The zero-order valence-corrected chi connectivity index (χ0v) is 18.8. The molecule has 0 spiro atoms. The van der Waals surface area contributed by atoms with Gasteiger partial charge in [-0.2, -0.15) is 0 Å². The van der Waals surface area contributed by atoms with Gasteiger partial charge in [-0.15, -0.1) is 10.2 Å². The van der Waals surface area contributed by atoms with Gasteiger partial charge in [0.15, 0.2) is 11.5 Å². The van der Waals surface area contributed by atoms with Crippen molar-refractivity contribution in [1.82, 2.24) is 34.4 Å². The number of piperazine rings is 1. The van der Waals surface area contributed by atoms with Crippen molar-refractivity contribution in [3.63, 3.8) is 0 Å². The first-order chi connectivity index (χ1) is 16.7. The van der Waals surface area contributed by atoms with Gasteiger partial charge in [0.05, 0.1) is 11.0 Å². The normalized spacial score (nSPS) is 14.7. The molecule has 34 heavy (non-hydrogen) atoms. The minimum atomic E-state index is 0.0817. The van der Waals surface area contributed by atoms with Gasteiger partial charge >= 0.3 is 0 Å². The van der Waals surface area contributed by atoms with Crippen LogP contribution in [0.25, 0.3) is 39.2 Å². The number of hydrogen-bond donors (Lipinski definition) is 0. The highest BCUT2D eigenvalue weighted by Crippen LogP contribution is 2.26. The SMILES string of the molecule is CN1CCN(C(=O)c2cccc(-c3ccc4nnc(-c5ccc6nccnc6c5)n4c3)c2)CC1. The molecule has 0 bridgehead atoms. The lowest BCUT2D eigenvalue weighted by molar-refractivity contribution is 0.0664. The number of benzene rings is 2. The van der Waals surface area contributed by atoms with Gasteiger partial charge in [0, 0.05) is 55.9 Å². The second kappa shape index (κ2) is 8.31. The van der Waals surface area contributed by atoms with Crippen molar-refractivity contribution in [3.8, 4) is 22.5 Å². The quantitative estimate of drug-likeness (QED) is 0.420. The number of hydrogen-bond acceptors (Lipinski definition) is 6. The fourth-order valence-corrected chi connectivity index (χ4v) is 4.38. The van der Waals surface area contributed by atoms with Crippen LogP contribution in [0.2, 0.25) is 0 Å². The number of aromatic nitrogens is 5. The number of fused-ring (bicyclic) bond motifs is 2. The van der Waals surface area contributed by atoms with Crippen LogP contribution in [0.3, 0.4) is 0 Å². The van der Waals surface area contributed by atoms with Crippen molar-refractivity contribution in [2.45, 2.75) is 0 Å². The number of carbonyl (C=O) groups excluding carboxylic acids is 1. The minimum Gasteiger partial charge on any atom is -0.336 e. The lowest BCUT2D eigenvalue weighted by Gasteiger charge is -2.32. The fourth-order valence-electron chi connectivity index (χ4n) is 4.38. The highest BCUT2D eigenvalue weighted by molar-refractivity contribution is 5.95. The second-order valence-electron chi connectivity index (χ2n) is 8.61. The van der Waals surface area contributed by atoms with E-state index < -0.39 is 0 Å². The Morgan fingerprint density at radius 3 is 2.44 bits per heavy atom. The van der Waals surface area contributed by atoms with Crippen LogP contribution < -0.4 is 0 Å². The standard InChI is InChI=1S/C26H23N7O/c1-31-11-13-32(14-12-31)26(34)20-4-2-3-18(15-20)21-6-8-24-29-30-25(33(24)17-21)19-5-7-22-23(16-19)28-10-9-27-22/h2-10,15-17H,11-14H2,1H3. The molecule has 1 fully saturated rings. The Hall–Kier alpha value is -4.17. The monoisotopic (exact) mass is 449 g/mol. The average molecular weight is 450 g/mol. The van der Waals surface area contributed by atoms with E-state index in [0.29, 0.717) is 5.56 Å². The summed E-state index contributed by atoms with van der Waals surface area (Å²) in [7, 11) is 2.09. The Balaban J connectivity index is 1.36. The van der Waals surface area contributed by atoms with Crippen molar-refractivity contribution < 1.29 is 4.79 Å². The fraction of sp³-hybridized carbons (Fsp3) is 0.192. The van der Waals surface area contributed by atoms with Gasteiger partial charge in [-0.05, 0) is 60.6 Å². The lowest BCUT2D eigenvalue weighted by Crippen LogP contribution is -2.47. The summed E-state index contributed by atoms with van der Waals surface area (Å²) < 4.78 is 1.97. The molecule has 0 aliphatic carbocycles. The Kier molecular flexibility index (Phi) is 5.00. The summed E-state index contributed by atoms with van der Waals surface area (Å²) in [6, 6.07) is 17.7. The molecule has 0 saturated carbocycles. The number of rotatable bonds is 3. The number of likely N-dealkylation sites (N-methyl/N-ethyl adjacent to an activating group) is 1. The molecule has 168 valence electrons. The molecular weight excluding hydrogens is 426 g/mol. The van der Waals surface area contributed by atoms with Gasteiger partial charge < -0.3 is 9.80 Å². The Morgan fingerprint density at radius 1 is 0.794 bits per heavy atom. The summed E-state index contributed by atoms with van der Waals surface area (Å²) in [5, 5.41) is 8.76. The zero-order valence-electron chi connectivity index (χ0n) is 18.8. The van der Waals surface area contributed by atoms with Crippen LogP contribution in [0.4, 0.5) is 0 Å². The maximum Gasteiger partial charge on any atom is 0.253 e.